The third-order valence-electron chi connectivity index (χ3n) is 2.31. The number of nitrogens with one attached hydrogen (secondary N) is 1. The smallest absolute Gasteiger partial charge is 0.221 e. The van der Waals surface area contributed by atoms with Gasteiger partial charge in [-0.15, -0.1) is 0 Å². The normalized spacial score (nSPS) is 15.2. The number of nitrogens with zero attached hydrogens (tertiary/aromatic N) is 1. The number of fused-ring (bicyclic) bond motifs is 1. The Kier molecular flexibility index (Phi) is 3.62. The van der Waals surface area contributed by atoms with Crippen LogP contribution in [-0.2, 0) is 6.54 Å². The van der Waals surface area contributed by atoms with Crippen molar-refractivity contribution in [2.75, 3.05) is 19.8 Å². The van der Waals surface area contributed by atoms with E-state index in [9.17, 15) is 0 Å². The van der Waals surface area contributed by atoms with Crippen molar-refractivity contribution < 1.29 is 9.47 Å². The van der Waals surface area contributed by atoms with Gasteiger partial charge in [0.15, 0.2) is 0 Å². The molecule has 0 spiro atoms. The second-order valence-corrected chi connectivity index (χ2v) is 4.34. The van der Waals surface area contributed by atoms with Gasteiger partial charge in [-0.3, -0.25) is 0 Å². The minimum absolute atomic E-state index is 0.503. The highest BCUT2D eigenvalue weighted by atomic mass is 16.5. The molecule has 4 nitrogen and oxygen atoms in total. The number of rotatable bonds is 3. The Morgan fingerprint density at radius 3 is 3.19 bits per heavy atom. The molecular formula is C12H18N2O2. The molecule has 0 unspecified atom stereocenters. The molecule has 0 saturated carbocycles. The van der Waals surface area contributed by atoms with E-state index in [0.29, 0.717) is 30.9 Å². The van der Waals surface area contributed by atoms with Crippen LogP contribution < -0.4 is 14.8 Å². The standard InChI is InChI=1S/C12H18N2O2/c1-9(2)8-16-11-4-3-10-7-13-5-6-15-12(10)14-11/h3-4,9,13H,5-8H2,1-2H3. The van der Waals surface area contributed by atoms with Gasteiger partial charge in [-0.05, 0) is 12.0 Å². The van der Waals surface area contributed by atoms with Crippen molar-refractivity contribution in [2.45, 2.75) is 20.4 Å². The fraction of sp³-hybridized carbons (Fsp3) is 0.583. The van der Waals surface area contributed by atoms with Crippen LogP contribution in [0.15, 0.2) is 12.1 Å². The Morgan fingerprint density at radius 2 is 2.38 bits per heavy atom. The maximum Gasteiger partial charge on any atom is 0.221 e. The zero-order valence-electron chi connectivity index (χ0n) is 9.82. The number of ether oxygens (including phenoxy) is 2. The lowest BCUT2D eigenvalue weighted by Crippen LogP contribution is -2.16. The lowest BCUT2D eigenvalue weighted by Gasteiger charge is -2.10. The van der Waals surface area contributed by atoms with Crippen LogP contribution in [0.2, 0.25) is 0 Å². The molecule has 1 aromatic heterocycles. The molecule has 1 aromatic rings. The van der Waals surface area contributed by atoms with Crippen LogP contribution in [-0.4, -0.2) is 24.7 Å². The highest BCUT2D eigenvalue weighted by Gasteiger charge is 2.11. The first-order chi connectivity index (χ1) is 7.75. The zero-order valence-corrected chi connectivity index (χ0v) is 9.82. The molecule has 16 heavy (non-hydrogen) atoms. The van der Waals surface area contributed by atoms with E-state index in [1.165, 1.54) is 0 Å². The molecule has 2 rings (SSSR count). The summed E-state index contributed by atoms with van der Waals surface area (Å²) in [7, 11) is 0. The molecule has 0 fully saturated rings. The summed E-state index contributed by atoms with van der Waals surface area (Å²) in [6.07, 6.45) is 0. The van der Waals surface area contributed by atoms with Crippen LogP contribution >= 0.6 is 0 Å². The molecule has 0 saturated heterocycles. The summed E-state index contributed by atoms with van der Waals surface area (Å²) in [6, 6.07) is 3.91. The molecule has 1 N–H and O–H groups in total. The lowest BCUT2D eigenvalue weighted by molar-refractivity contribution is 0.253. The summed E-state index contributed by atoms with van der Waals surface area (Å²) in [4.78, 5) is 4.36. The Labute approximate surface area is 96.0 Å². The fourth-order valence-electron chi connectivity index (χ4n) is 1.49. The van der Waals surface area contributed by atoms with Crippen molar-refractivity contribution in [1.82, 2.24) is 10.3 Å². The van der Waals surface area contributed by atoms with E-state index in [1.807, 2.05) is 12.1 Å². The van der Waals surface area contributed by atoms with E-state index in [0.717, 1.165) is 18.7 Å². The molecule has 2 heterocycles. The molecule has 0 amide bonds. The maximum absolute atomic E-state index is 5.56. The molecule has 1 aliphatic heterocycles. The SMILES string of the molecule is CC(C)COc1ccc2c(n1)OCCNC2. The first-order valence-electron chi connectivity index (χ1n) is 5.72. The van der Waals surface area contributed by atoms with E-state index in [1.54, 1.807) is 0 Å². The summed E-state index contributed by atoms with van der Waals surface area (Å²) in [5.74, 6) is 1.85. The van der Waals surface area contributed by atoms with Crippen molar-refractivity contribution >= 4 is 0 Å². The molecule has 4 heteroatoms. The first kappa shape index (κ1) is 11.2. The second kappa shape index (κ2) is 5.16. The van der Waals surface area contributed by atoms with Gasteiger partial charge >= 0.3 is 0 Å². The van der Waals surface area contributed by atoms with Crippen molar-refractivity contribution in [3.8, 4) is 11.8 Å². The van der Waals surface area contributed by atoms with Gasteiger partial charge in [0.2, 0.25) is 11.8 Å². The summed E-state index contributed by atoms with van der Waals surface area (Å²) < 4.78 is 11.1. The molecule has 0 aromatic carbocycles. The monoisotopic (exact) mass is 222 g/mol. The number of pyridine rings is 1. The molecule has 0 atom stereocenters. The van der Waals surface area contributed by atoms with Crippen LogP contribution in [0.5, 0.6) is 11.8 Å². The average Bonchev–Trinajstić information content (AvgIpc) is 2.50. The Balaban J connectivity index is 2.08. The number of hydrogen-bond acceptors (Lipinski definition) is 4. The molecular weight excluding hydrogens is 204 g/mol. The largest absolute Gasteiger partial charge is 0.477 e. The van der Waals surface area contributed by atoms with Gasteiger partial charge in [-0.1, -0.05) is 13.8 Å². The minimum Gasteiger partial charge on any atom is -0.477 e. The van der Waals surface area contributed by atoms with Crippen LogP contribution in [0.4, 0.5) is 0 Å². The van der Waals surface area contributed by atoms with E-state index < -0.39 is 0 Å². The van der Waals surface area contributed by atoms with Gasteiger partial charge in [0.25, 0.3) is 0 Å². The van der Waals surface area contributed by atoms with E-state index in [4.69, 9.17) is 9.47 Å². The van der Waals surface area contributed by atoms with E-state index >= 15 is 0 Å². The van der Waals surface area contributed by atoms with Crippen LogP contribution in [0.1, 0.15) is 19.4 Å². The third-order valence-corrected chi connectivity index (χ3v) is 2.31. The summed E-state index contributed by atoms with van der Waals surface area (Å²) in [5.41, 5.74) is 1.09. The van der Waals surface area contributed by atoms with Crippen LogP contribution in [0.25, 0.3) is 0 Å². The quantitative estimate of drug-likeness (QED) is 0.843. The summed E-state index contributed by atoms with van der Waals surface area (Å²) in [6.45, 7) is 7.25. The van der Waals surface area contributed by atoms with Gasteiger partial charge in [0, 0.05) is 24.7 Å². The highest BCUT2D eigenvalue weighted by Crippen LogP contribution is 2.21. The molecule has 0 aliphatic carbocycles. The molecule has 0 radical (unpaired) electrons. The third kappa shape index (κ3) is 2.85. The van der Waals surface area contributed by atoms with Crippen LogP contribution in [0, 0.1) is 5.92 Å². The maximum atomic E-state index is 5.56. The Morgan fingerprint density at radius 1 is 1.50 bits per heavy atom. The minimum atomic E-state index is 0.503. The highest BCUT2D eigenvalue weighted by molar-refractivity contribution is 5.31. The Hall–Kier alpha value is -1.29. The van der Waals surface area contributed by atoms with Crippen molar-refractivity contribution in [3.05, 3.63) is 17.7 Å². The second-order valence-electron chi connectivity index (χ2n) is 4.34. The van der Waals surface area contributed by atoms with Crippen molar-refractivity contribution in [2.24, 2.45) is 5.92 Å². The zero-order chi connectivity index (χ0) is 11.4. The topological polar surface area (TPSA) is 43.4 Å². The number of aromatic nitrogens is 1. The molecule has 88 valence electrons. The van der Waals surface area contributed by atoms with Gasteiger partial charge in [-0.2, -0.15) is 4.98 Å². The fourth-order valence-corrected chi connectivity index (χ4v) is 1.49. The molecule has 0 bridgehead atoms. The van der Waals surface area contributed by atoms with Crippen LogP contribution in [0.3, 0.4) is 0 Å². The van der Waals surface area contributed by atoms with Crippen molar-refractivity contribution in [3.63, 3.8) is 0 Å². The van der Waals surface area contributed by atoms with Gasteiger partial charge in [0.1, 0.15) is 6.61 Å². The van der Waals surface area contributed by atoms with Crippen molar-refractivity contribution in [1.29, 1.82) is 0 Å². The lowest BCUT2D eigenvalue weighted by atomic mass is 10.2. The Bertz CT molecular complexity index is 353. The molecule has 1 aliphatic rings. The van der Waals surface area contributed by atoms with Gasteiger partial charge < -0.3 is 14.8 Å². The van der Waals surface area contributed by atoms with E-state index in [2.05, 4.69) is 24.1 Å². The van der Waals surface area contributed by atoms with Gasteiger partial charge in [0.05, 0.1) is 6.61 Å². The summed E-state index contributed by atoms with van der Waals surface area (Å²) in [5, 5.41) is 3.27. The first-order valence-corrected chi connectivity index (χ1v) is 5.72. The predicted molar refractivity (Wildman–Crippen MR) is 61.8 cm³/mol. The average molecular weight is 222 g/mol. The summed E-state index contributed by atoms with van der Waals surface area (Å²) >= 11 is 0. The van der Waals surface area contributed by atoms with Gasteiger partial charge in [-0.25, -0.2) is 0 Å². The van der Waals surface area contributed by atoms with E-state index in [-0.39, 0.29) is 0 Å². The predicted octanol–water partition coefficient (Wildman–Crippen LogP) is 1.60. The number of hydrogen-bond donors (Lipinski definition) is 1.